The van der Waals surface area contributed by atoms with Gasteiger partial charge in [0.1, 0.15) is 5.78 Å². The first-order valence-electron chi connectivity index (χ1n) is 14.2. The molecule has 4 fully saturated rings. The third kappa shape index (κ3) is 4.15. The predicted octanol–water partition coefficient (Wildman–Crippen LogP) is 6.67. The zero-order valence-electron chi connectivity index (χ0n) is 23.1. The maximum absolute atomic E-state index is 13.5. The van der Waals surface area contributed by atoms with Gasteiger partial charge in [-0.1, -0.05) is 60.6 Å². The second-order valence-electron chi connectivity index (χ2n) is 14.7. The third-order valence-corrected chi connectivity index (χ3v) is 12.1. The number of aliphatic hydroxyl groups is 2. The maximum Gasteiger partial charge on any atom is 0.136 e. The lowest BCUT2D eigenvalue weighted by Gasteiger charge is -2.61. The molecule has 3 nitrogen and oxygen atoms in total. The Morgan fingerprint density at radius 3 is 2.38 bits per heavy atom. The molecule has 9 unspecified atom stereocenters. The van der Waals surface area contributed by atoms with Gasteiger partial charge in [-0.15, -0.1) is 0 Å². The second kappa shape index (κ2) is 9.02. The van der Waals surface area contributed by atoms with Gasteiger partial charge in [-0.25, -0.2) is 0 Å². The molecule has 4 aliphatic rings. The van der Waals surface area contributed by atoms with E-state index in [1.165, 1.54) is 37.7 Å². The van der Waals surface area contributed by atoms with Crippen LogP contribution in [0.5, 0.6) is 0 Å². The molecule has 0 spiro atoms. The van der Waals surface area contributed by atoms with Crippen LogP contribution in [-0.4, -0.2) is 28.7 Å². The highest BCUT2D eigenvalue weighted by Crippen LogP contribution is 2.67. The number of Topliss-reactive ketones (excluding diaryl/α,β-unsaturated/α-hetero) is 1. The van der Waals surface area contributed by atoms with Crippen molar-refractivity contribution >= 4 is 5.78 Å². The van der Waals surface area contributed by atoms with Crippen LogP contribution in [0.15, 0.2) is 12.2 Å². The van der Waals surface area contributed by atoms with E-state index in [0.29, 0.717) is 53.6 Å². The number of aliphatic hydroxyl groups excluding tert-OH is 2. The summed E-state index contributed by atoms with van der Waals surface area (Å²) < 4.78 is 0. The molecule has 4 saturated carbocycles. The van der Waals surface area contributed by atoms with Crippen LogP contribution in [0, 0.1) is 63.6 Å². The van der Waals surface area contributed by atoms with Crippen molar-refractivity contribution in [1.29, 1.82) is 0 Å². The van der Waals surface area contributed by atoms with Crippen LogP contribution in [0.1, 0.15) is 99.8 Å². The number of hydrogen-bond donors (Lipinski definition) is 2. The summed E-state index contributed by atoms with van der Waals surface area (Å²) in [5, 5.41) is 20.6. The Bertz CT molecular complexity index is 795. The van der Waals surface area contributed by atoms with Crippen LogP contribution in [0.2, 0.25) is 0 Å². The first kappa shape index (κ1) is 26.4. The molecule has 0 aromatic carbocycles. The van der Waals surface area contributed by atoms with Crippen molar-refractivity contribution in [3.63, 3.8) is 0 Å². The number of carbonyl (C=O) groups is 1. The molecule has 0 heterocycles. The summed E-state index contributed by atoms with van der Waals surface area (Å²) in [6.45, 7) is 21.0. The Morgan fingerprint density at radius 1 is 1.12 bits per heavy atom. The summed E-state index contributed by atoms with van der Waals surface area (Å²) in [5.41, 5.74) is 1.76. The molecule has 2 N–H and O–H groups in total. The number of ketones is 1. The summed E-state index contributed by atoms with van der Waals surface area (Å²) in [6, 6.07) is 0. The lowest BCUT2D eigenvalue weighted by Crippen LogP contribution is -2.59. The van der Waals surface area contributed by atoms with Crippen LogP contribution >= 0.6 is 0 Å². The lowest BCUT2D eigenvalue weighted by atomic mass is 9.43. The number of fused-ring (bicyclic) bond motifs is 5. The van der Waals surface area contributed by atoms with Gasteiger partial charge in [0, 0.05) is 24.9 Å². The number of carbonyl (C=O) groups excluding carboxylic acids is 1. The molecule has 34 heavy (non-hydrogen) atoms. The predicted molar refractivity (Wildman–Crippen MR) is 139 cm³/mol. The van der Waals surface area contributed by atoms with Crippen LogP contribution in [0.3, 0.4) is 0 Å². The van der Waals surface area contributed by atoms with Gasteiger partial charge in [-0.05, 0) is 96.7 Å². The van der Waals surface area contributed by atoms with Gasteiger partial charge in [0.25, 0.3) is 0 Å². The Hall–Kier alpha value is -0.670. The highest BCUT2D eigenvalue weighted by atomic mass is 16.3. The first-order chi connectivity index (χ1) is 15.7. The van der Waals surface area contributed by atoms with Gasteiger partial charge in [0.2, 0.25) is 0 Å². The van der Waals surface area contributed by atoms with E-state index in [2.05, 4.69) is 55.0 Å². The molecule has 0 aliphatic heterocycles. The van der Waals surface area contributed by atoms with E-state index in [-0.39, 0.29) is 29.3 Å². The molecule has 0 radical (unpaired) electrons. The normalized spacial score (nSPS) is 46.3. The molecule has 4 aliphatic carbocycles. The summed E-state index contributed by atoms with van der Waals surface area (Å²) in [6.07, 6.45) is 7.92. The zero-order chi connectivity index (χ0) is 25.2. The fraction of sp³-hybridized carbons (Fsp3) is 0.903. The largest absolute Gasteiger partial charge is 0.396 e. The standard InChI is InChI=1S/C31H52O3/c1-18(19(2)20(3)29(4,5)6)13-22-9-10-24-23-15-27(33)26-14-21(17-32)28(34)16-31(26,8)25(23)11-12-30(22,24)7/h18-19,21-26,28,32,34H,3,9-17H2,1-2,4-8H3/t18?,19?,21?,22-,23?,24?,25?,26?,28+,30?,31?/m1/s1. The minimum absolute atomic E-state index is 0.00422. The van der Waals surface area contributed by atoms with Gasteiger partial charge >= 0.3 is 0 Å². The average Bonchev–Trinajstić information content (AvgIpc) is 3.08. The van der Waals surface area contributed by atoms with Crippen LogP contribution in [0.4, 0.5) is 0 Å². The molecule has 0 saturated heterocycles. The highest BCUT2D eigenvalue weighted by Gasteiger charge is 2.63. The monoisotopic (exact) mass is 472 g/mol. The molecule has 194 valence electrons. The Labute approximate surface area is 209 Å². The maximum atomic E-state index is 13.5. The van der Waals surface area contributed by atoms with Gasteiger partial charge in [-0.3, -0.25) is 4.79 Å². The van der Waals surface area contributed by atoms with E-state index >= 15 is 0 Å². The van der Waals surface area contributed by atoms with Crippen molar-refractivity contribution in [2.75, 3.05) is 6.61 Å². The van der Waals surface area contributed by atoms with Crippen molar-refractivity contribution in [3.8, 4) is 0 Å². The highest BCUT2D eigenvalue weighted by molar-refractivity contribution is 5.83. The molecular weight excluding hydrogens is 420 g/mol. The average molecular weight is 473 g/mol. The van der Waals surface area contributed by atoms with Crippen molar-refractivity contribution < 1.29 is 15.0 Å². The van der Waals surface area contributed by atoms with Crippen molar-refractivity contribution in [2.24, 2.45) is 63.6 Å². The molecule has 0 amide bonds. The summed E-state index contributed by atoms with van der Waals surface area (Å²) in [5.74, 6) is 3.87. The zero-order valence-corrected chi connectivity index (χ0v) is 23.1. The molecule has 0 bridgehead atoms. The van der Waals surface area contributed by atoms with E-state index < -0.39 is 6.10 Å². The number of hydrogen-bond acceptors (Lipinski definition) is 3. The van der Waals surface area contributed by atoms with E-state index in [4.69, 9.17) is 0 Å². The van der Waals surface area contributed by atoms with Crippen molar-refractivity contribution in [3.05, 3.63) is 12.2 Å². The van der Waals surface area contributed by atoms with Gasteiger partial charge in [-0.2, -0.15) is 0 Å². The van der Waals surface area contributed by atoms with E-state index in [9.17, 15) is 15.0 Å². The molecule has 0 aromatic rings. The smallest absolute Gasteiger partial charge is 0.136 e. The Balaban J connectivity index is 1.51. The Kier molecular flexibility index (Phi) is 7.00. The van der Waals surface area contributed by atoms with E-state index in [1.54, 1.807) is 0 Å². The van der Waals surface area contributed by atoms with Crippen LogP contribution in [-0.2, 0) is 4.79 Å². The number of rotatable bonds is 5. The van der Waals surface area contributed by atoms with Gasteiger partial charge in [0.05, 0.1) is 6.10 Å². The van der Waals surface area contributed by atoms with E-state index in [0.717, 1.165) is 12.3 Å². The van der Waals surface area contributed by atoms with Crippen LogP contribution < -0.4 is 0 Å². The quantitative estimate of drug-likeness (QED) is 0.439. The topological polar surface area (TPSA) is 57.5 Å². The van der Waals surface area contributed by atoms with E-state index in [1.807, 2.05) is 0 Å². The molecule has 4 rings (SSSR count). The molecular formula is C31H52O3. The SMILES string of the molecule is C=C(C(C)C(C)C[C@H]1CCC2C3CC(=O)C4CC(CO)[C@@H](O)CC4(C)C3CCC21C)C(C)(C)C. The summed E-state index contributed by atoms with van der Waals surface area (Å²) in [7, 11) is 0. The van der Waals surface area contributed by atoms with Crippen LogP contribution in [0.25, 0.3) is 0 Å². The summed E-state index contributed by atoms with van der Waals surface area (Å²) in [4.78, 5) is 13.5. The third-order valence-electron chi connectivity index (χ3n) is 12.1. The van der Waals surface area contributed by atoms with Crippen molar-refractivity contribution in [1.82, 2.24) is 0 Å². The second-order valence-corrected chi connectivity index (χ2v) is 14.7. The molecule has 0 aromatic heterocycles. The number of allylic oxidation sites excluding steroid dienone is 1. The van der Waals surface area contributed by atoms with Gasteiger partial charge in [0.15, 0.2) is 0 Å². The fourth-order valence-corrected chi connectivity index (χ4v) is 9.53. The minimum atomic E-state index is -0.472. The minimum Gasteiger partial charge on any atom is -0.396 e. The molecule has 3 heteroatoms. The lowest BCUT2D eigenvalue weighted by molar-refractivity contribution is -0.168. The molecule has 11 atom stereocenters. The van der Waals surface area contributed by atoms with Gasteiger partial charge < -0.3 is 10.2 Å². The summed E-state index contributed by atoms with van der Waals surface area (Å²) >= 11 is 0. The Morgan fingerprint density at radius 2 is 1.76 bits per heavy atom. The first-order valence-corrected chi connectivity index (χ1v) is 14.2. The van der Waals surface area contributed by atoms with Crippen molar-refractivity contribution in [2.45, 2.75) is 106 Å². The fourth-order valence-electron chi connectivity index (χ4n) is 9.53.